The predicted molar refractivity (Wildman–Crippen MR) is 114 cm³/mol. The van der Waals surface area contributed by atoms with E-state index in [0.717, 1.165) is 12.1 Å². The molecule has 2 unspecified atom stereocenters. The molecule has 2 aliphatic rings. The minimum Gasteiger partial charge on any atom is -0.486 e. The molecule has 0 saturated carbocycles. The molecule has 2 atom stereocenters. The third-order valence-electron chi connectivity index (χ3n) is 5.53. The second kappa shape index (κ2) is 9.82. The van der Waals surface area contributed by atoms with Crippen molar-refractivity contribution in [1.29, 1.82) is 0 Å². The largest absolute Gasteiger partial charge is 0.573 e. The number of carbonyl (C=O) groups excluding carboxylic acids is 2. The average Bonchev–Trinajstić information content (AvgIpc) is 3.22. The van der Waals surface area contributed by atoms with E-state index in [4.69, 9.17) is 14.6 Å². The molecule has 2 aliphatic heterocycles. The number of halogens is 3. The number of nitrogens with zero attached hydrogens (tertiary/aromatic N) is 2. The maximum Gasteiger partial charge on any atom is 0.573 e. The average molecular weight is 494 g/mol. The quantitative estimate of drug-likeness (QED) is 0.631. The summed E-state index contributed by atoms with van der Waals surface area (Å²) in [7, 11) is 0. The minimum atomic E-state index is -4.82. The SMILES string of the molecule is O=C(O)COCC(=O)N1CC2CC1C(=O)N(Cc1ccc(OC(F)(F)F)cc1)c1ccccc1O2. The van der Waals surface area contributed by atoms with Crippen LogP contribution >= 0.6 is 0 Å². The molecule has 1 fully saturated rings. The fraction of sp³-hybridized carbons (Fsp3) is 0.348. The van der Waals surface area contributed by atoms with E-state index in [1.54, 1.807) is 24.3 Å². The Morgan fingerprint density at radius 1 is 1.09 bits per heavy atom. The fourth-order valence-corrected chi connectivity index (χ4v) is 4.10. The highest BCUT2D eigenvalue weighted by atomic mass is 19.4. The van der Waals surface area contributed by atoms with Crippen LogP contribution in [0.1, 0.15) is 12.0 Å². The Kier molecular flexibility index (Phi) is 6.83. The number of para-hydroxylation sites is 2. The van der Waals surface area contributed by atoms with Crippen LogP contribution < -0.4 is 14.4 Å². The van der Waals surface area contributed by atoms with E-state index in [9.17, 15) is 27.6 Å². The highest BCUT2D eigenvalue weighted by Gasteiger charge is 2.45. The topological polar surface area (TPSA) is 106 Å². The zero-order valence-electron chi connectivity index (χ0n) is 18.2. The van der Waals surface area contributed by atoms with Gasteiger partial charge in [-0.25, -0.2) is 4.79 Å². The summed E-state index contributed by atoms with van der Waals surface area (Å²) in [6.07, 6.45) is -5.04. The smallest absolute Gasteiger partial charge is 0.486 e. The van der Waals surface area contributed by atoms with Crippen LogP contribution in [0.25, 0.3) is 0 Å². The first-order chi connectivity index (χ1) is 16.6. The fourth-order valence-electron chi connectivity index (χ4n) is 4.10. The van der Waals surface area contributed by atoms with E-state index in [1.165, 1.54) is 21.9 Å². The molecule has 0 spiro atoms. The van der Waals surface area contributed by atoms with Gasteiger partial charge in [0.25, 0.3) is 0 Å². The number of aliphatic carboxylic acids is 1. The third kappa shape index (κ3) is 5.83. The van der Waals surface area contributed by atoms with Crippen LogP contribution in [-0.2, 0) is 25.7 Å². The van der Waals surface area contributed by atoms with Crippen LogP contribution in [-0.4, -0.2) is 66.1 Å². The number of alkyl halides is 3. The Bertz CT molecular complexity index is 1110. The zero-order chi connectivity index (χ0) is 25.2. The summed E-state index contributed by atoms with van der Waals surface area (Å²) in [6, 6.07) is 11.1. The summed E-state index contributed by atoms with van der Waals surface area (Å²) in [4.78, 5) is 39.7. The van der Waals surface area contributed by atoms with Crippen molar-refractivity contribution in [2.75, 3.05) is 24.7 Å². The highest BCUT2D eigenvalue weighted by Crippen LogP contribution is 2.37. The molecular formula is C23H21F3N2O7. The lowest BCUT2D eigenvalue weighted by atomic mass is 10.1. The first-order valence-corrected chi connectivity index (χ1v) is 10.6. The first kappa shape index (κ1) is 24.3. The van der Waals surface area contributed by atoms with Gasteiger partial charge in [-0.3, -0.25) is 9.59 Å². The predicted octanol–water partition coefficient (Wildman–Crippen LogP) is 2.58. The minimum absolute atomic E-state index is 0.00418. The Hall–Kier alpha value is -3.80. The van der Waals surface area contributed by atoms with Crippen molar-refractivity contribution in [1.82, 2.24) is 4.90 Å². The van der Waals surface area contributed by atoms with Gasteiger partial charge in [0.2, 0.25) is 11.8 Å². The number of fused-ring (bicyclic) bond motifs is 3. The number of hydrogen-bond acceptors (Lipinski definition) is 6. The van der Waals surface area contributed by atoms with Gasteiger partial charge < -0.3 is 29.1 Å². The molecule has 2 aromatic rings. The second-order valence-electron chi connectivity index (χ2n) is 8.01. The van der Waals surface area contributed by atoms with Crippen molar-refractivity contribution < 1.29 is 46.9 Å². The molecular weight excluding hydrogens is 473 g/mol. The third-order valence-corrected chi connectivity index (χ3v) is 5.53. The molecule has 2 heterocycles. The summed E-state index contributed by atoms with van der Waals surface area (Å²) in [6.45, 7) is -1.03. The number of likely N-dealkylation sites (tertiary alicyclic amines) is 1. The maximum absolute atomic E-state index is 13.6. The van der Waals surface area contributed by atoms with Crippen molar-refractivity contribution in [2.24, 2.45) is 0 Å². The van der Waals surface area contributed by atoms with Crippen LogP contribution in [0.4, 0.5) is 18.9 Å². The Morgan fingerprint density at radius 3 is 2.49 bits per heavy atom. The molecule has 2 amide bonds. The molecule has 1 saturated heterocycles. The molecule has 2 aromatic carbocycles. The van der Waals surface area contributed by atoms with Crippen LogP contribution in [0.3, 0.4) is 0 Å². The number of hydrogen-bond donors (Lipinski definition) is 1. The van der Waals surface area contributed by atoms with E-state index in [2.05, 4.69) is 4.74 Å². The van der Waals surface area contributed by atoms with Crippen molar-refractivity contribution in [2.45, 2.75) is 31.5 Å². The van der Waals surface area contributed by atoms with Crippen LogP contribution in [0.15, 0.2) is 48.5 Å². The van der Waals surface area contributed by atoms with E-state index in [-0.39, 0.29) is 25.3 Å². The second-order valence-corrected chi connectivity index (χ2v) is 8.01. The van der Waals surface area contributed by atoms with Crippen LogP contribution in [0.2, 0.25) is 0 Å². The summed E-state index contributed by atoms with van der Waals surface area (Å²) in [5.74, 6) is -2.13. The van der Waals surface area contributed by atoms with E-state index < -0.39 is 49.5 Å². The summed E-state index contributed by atoms with van der Waals surface area (Å²) in [5.41, 5.74) is 0.986. The molecule has 1 N–H and O–H groups in total. The van der Waals surface area contributed by atoms with Crippen molar-refractivity contribution >= 4 is 23.5 Å². The molecule has 0 aliphatic carbocycles. The van der Waals surface area contributed by atoms with Gasteiger partial charge in [0.1, 0.15) is 36.9 Å². The number of benzene rings is 2. The molecule has 2 bridgehead atoms. The zero-order valence-corrected chi connectivity index (χ0v) is 18.2. The molecule has 4 rings (SSSR count). The Labute approximate surface area is 197 Å². The summed E-state index contributed by atoms with van der Waals surface area (Å²) >= 11 is 0. The maximum atomic E-state index is 13.6. The van der Waals surface area contributed by atoms with Crippen LogP contribution in [0.5, 0.6) is 11.5 Å². The molecule has 0 radical (unpaired) electrons. The number of ether oxygens (including phenoxy) is 3. The van der Waals surface area contributed by atoms with Gasteiger partial charge in [-0.05, 0) is 29.8 Å². The summed E-state index contributed by atoms with van der Waals surface area (Å²) in [5, 5.41) is 8.71. The number of carboxylic acid groups (broad SMARTS) is 1. The van der Waals surface area contributed by atoms with Crippen molar-refractivity contribution in [3.63, 3.8) is 0 Å². The van der Waals surface area contributed by atoms with Crippen molar-refractivity contribution in [3.8, 4) is 11.5 Å². The van der Waals surface area contributed by atoms with Gasteiger partial charge in [-0.2, -0.15) is 0 Å². The van der Waals surface area contributed by atoms with Gasteiger partial charge >= 0.3 is 12.3 Å². The van der Waals surface area contributed by atoms with Gasteiger partial charge in [0.05, 0.1) is 18.8 Å². The number of amides is 2. The van der Waals surface area contributed by atoms with Crippen molar-refractivity contribution in [3.05, 3.63) is 54.1 Å². The molecule has 186 valence electrons. The monoisotopic (exact) mass is 494 g/mol. The number of carboxylic acids is 1. The number of rotatable bonds is 7. The van der Waals surface area contributed by atoms with E-state index in [1.807, 2.05) is 0 Å². The Morgan fingerprint density at radius 2 is 1.80 bits per heavy atom. The lowest BCUT2D eigenvalue weighted by Crippen LogP contribution is -2.48. The lowest BCUT2D eigenvalue weighted by Gasteiger charge is -2.31. The number of anilines is 1. The number of carbonyl (C=O) groups is 3. The molecule has 12 heteroatoms. The van der Waals surface area contributed by atoms with E-state index in [0.29, 0.717) is 17.0 Å². The standard InChI is InChI=1S/C23H21F3N2O7/c24-23(25,26)35-15-7-5-14(6-8-15)10-28-17-3-1-2-4-19(17)34-16-9-18(22(28)32)27(11-16)20(29)12-33-13-21(30)31/h1-8,16,18H,9-13H2,(H,30,31). The highest BCUT2D eigenvalue weighted by molar-refractivity contribution is 6.01. The first-order valence-electron chi connectivity index (χ1n) is 10.6. The Balaban J connectivity index is 1.58. The summed E-state index contributed by atoms with van der Waals surface area (Å²) < 4.78 is 52.2. The lowest BCUT2D eigenvalue weighted by molar-refractivity contribution is -0.274. The van der Waals surface area contributed by atoms with Gasteiger partial charge in [0, 0.05) is 6.42 Å². The van der Waals surface area contributed by atoms with Gasteiger partial charge in [0.15, 0.2) is 0 Å². The molecule has 35 heavy (non-hydrogen) atoms. The molecule has 0 aromatic heterocycles. The van der Waals surface area contributed by atoms with Gasteiger partial charge in [-0.15, -0.1) is 13.2 Å². The van der Waals surface area contributed by atoms with Gasteiger partial charge in [-0.1, -0.05) is 24.3 Å². The normalized spacial score (nSPS) is 19.5. The van der Waals surface area contributed by atoms with Crippen LogP contribution in [0, 0.1) is 0 Å². The van der Waals surface area contributed by atoms with E-state index >= 15 is 0 Å². The molecule has 9 nitrogen and oxygen atoms in total.